The molecule has 0 aliphatic rings. The highest BCUT2D eigenvalue weighted by atomic mass is 19.1. The number of furan rings is 1. The lowest BCUT2D eigenvalue weighted by molar-refractivity contribution is 0.0698. The summed E-state index contributed by atoms with van der Waals surface area (Å²) in [6, 6.07) is 5.32. The first-order chi connectivity index (χ1) is 8.99. The van der Waals surface area contributed by atoms with Gasteiger partial charge in [-0.25, -0.2) is 9.18 Å². The number of nitrogens with one attached hydrogen (secondary N) is 1. The molecule has 5 nitrogen and oxygen atoms in total. The summed E-state index contributed by atoms with van der Waals surface area (Å²) in [6.45, 7) is 1.77. The number of nitrogen functional groups attached to an aromatic ring is 1. The summed E-state index contributed by atoms with van der Waals surface area (Å²) in [4.78, 5) is 11.0. The molecule has 1 unspecified atom stereocenters. The van der Waals surface area contributed by atoms with Gasteiger partial charge in [0.1, 0.15) is 11.6 Å². The van der Waals surface area contributed by atoms with Gasteiger partial charge in [-0.05, 0) is 31.2 Å². The normalized spacial score (nSPS) is 12.1. The van der Waals surface area contributed by atoms with Crippen molar-refractivity contribution in [1.29, 1.82) is 0 Å². The maximum absolute atomic E-state index is 13.7. The van der Waals surface area contributed by atoms with Crippen LogP contribution in [0, 0.1) is 5.82 Å². The van der Waals surface area contributed by atoms with Crippen LogP contribution >= 0.6 is 0 Å². The molecule has 19 heavy (non-hydrogen) atoms. The van der Waals surface area contributed by atoms with Crippen LogP contribution in [0.15, 0.2) is 34.9 Å². The zero-order chi connectivity index (χ0) is 14.0. The summed E-state index contributed by atoms with van der Waals surface area (Å²) < 4.78 is 18.9. The van der Waals surface area contributed by atoms with Gasteiger partial charge in [-0.2, -0.15) is 0 Å². The highest BCUT2D eigenvalue weighted by Gasteiger charge is 2.16. The third-order valence-electron chi connectivity index (χ3n) is 2.71. The summed E-state index contributed by atoms with van der Waals surface area (Å²) in [6.07, 6.45) is 1.51. The first-order valence-corrected chi connectivity index (χ1v) is 5.61. The van der Waals surface area contributed by atoms with E-state index in [4.69, 9.17) is 15.3 Å². The second kappa shape index (κ2) is 5.01. The second-order valence-corrected chi connectivity index (χ2v) is 4.11. The van der Waals surface area contributed by atoms with Crippen LogP contribution in [0.5, 0.6) is 0 Å². The Labute approximate surface area is 108 Å². The van der Waals surface area contributed by atoms with E-state index >= 15 is 0 Å². The van der Waals surface area contributed by atoms with Gasteiger partial charge in [-0.15, -0.1) is 0 Å². The average molecular weight is 264 g/mol. The van der Waals surface area contributed by atoms with E-state index in [1.807, 2.05) is 0 Å². The number of hydrogen-bond acceptors (Lipinski definition) is 4. The number of rotatable bonds is 4. The first kappa shape index (κ1) is 12.9. The SMILES string of the molecule is CC(Nc1cc(C(=O)O)c(N)cc1F)c1ccco1. The van der Waals surface area contributed by atoms with E-state index in [1.165, 1.54) is 12.3 Å². The van der Waals surface area contributed by atoms with Gasteiger partial charge in [0.15, 0.2) is 0 Å². The quantitative estimate of drug-likeness (QED) is 0.739. The third-order valence-corrected chi connectivity index (χ3v) is 2.71. The average Bonchev–Trinajstić information content (AvgIpc) is 2.85. The number of nitrogens with two attached hydrogens (primary N) is 1. The van der Waals surface area contributed by atoms with E-state index in [9.17, 15) is 9.18 Å². The Morgan fingerprint density at radius 3 is 2.84 bits per heavy atom. The van der Waals surface area contributed by atoms with Gasteiger partial charge in [-0.1, -0.05) is 0 Å². The van der Waals surface area contributed by atoms with Crippen LogP contribution in [-0.4, -0.2) is 11.1 Å². The first-order valence-electron chi connectivity index (χ1n) is 5.61. The molecule has 0 aliphatic carbocycles. The third kappa shape index (κ3) is 2.67. The van der Waals surface area contributed by atoms with E-state index in [-0.39, 0.29) is 23.0 Å². The molecule has 0 saturated heterocycles. The molecule has 0 radical (unpaired) electrons. The summed E-state index contributed by atoms with van der Waals surface area (Å²) in [5, 5.41) is 11.8. The lowest BCUT2D eigenvalue weighted by Crippen LogP contribution is -2.10. The summed E-state index contributed by atoms with van der Waals surface area (Å²) in [5.41, 5.74) is 5.26. The van der Waals surface area contributed by atoms with Gasteiger partial charge in [0.2, 0.25) is 0 Å². The number of carbonyl (C=O) groups is 1. The minimum atomic E-state index is -1.20. The number of hydrogen-bond donors (Lipinski definition) is 3. The number of halogens is 1. The highest BCUT2D eigenvalue weighted by molar-refractivity contribution is 5.94. The van der Waals surface area contributed by atoms with E-state index in [2.05, 4.69) is 5.32 Å². The van der Waals surface area contributed by atoms with Crippen molar-refractivity contribution in [3.63, 3.8) is 0 Å². The van der Waals surface area contributed by atoms with E-state index < -0.39 is 11.8 Å². The van der Waals surface area contributed by atoms with Gasteiger partial charge in [0.25, 0.3) is 0 Å². The van der Waals surface area contributed by atoms with Gasteiger partial charge < -0.3 is 20.6 Å². The molecule has 0 bridgehead atoms. The van der Waals surface area contributed by atoms with Crippen molar-refractivity contribution in [3.8, 4) is 0 Å². The zero-order valence-corrected chi connectivity index (χ0v) is 10.2. The van der Waals surface area contributed by atoms with Gasteiger partial charge in [0, 0.05) is 5.69 Å². The standard InChI is InChI=1S/C13H13FN2O3/c1-7(12-3-2-4-19-12)16-11-5-8(13(17)18)10(15)6-9(11)14/h2-7,16H,15H2,1H3,(H,17,18). The van der Waals surface area contributed by atoms with E-state index in [1.54, 1.807) is 19.1 Å². The summed E-state index contributed by atoms with van der Waals surface area (Å²) in [7, 11) is 0. The Morgan fingerprint density at radius 2 is 2.26 bits per heavy atom. The molecule has 0 amide bonds. The fourth-order valence-corrected chi connectivity index (χ4v) is 1.73. The number of carboxylic acids is 1. The number of aromatic carboxylic acids is 1. The number of carboxylic acid groups (broad SMARTS) is 1. The molecule has 4 N–H and O–H groups in total. The molecule has 2 aromatic rings. The van der Waals surface area contributed by atoms with Crippen molar-refractivity contribution in [2.45, 2.75) is 13.0 Å². The van der Waals surface area contributed by atoms with E-state index in [0.29, 0.717) is 5.76 Å². The van der Waals surface area contributed by atoms with Crippen molar-refractivity contribution in [1.82, 2.24) is 0 Å². The van der Waals surface area contributed by atoms with E-state index in [0.717, 1.165) is 6.07 Å². The van der Waals surface area contributed by atoms with Crippen molar-refractivity contribution in [2.75, 3.05) is 11.1 Å². The zero-order valence-electron chi connectivity index (χ0n) is 10.2. The Morgan fingerprint density at radius 1 is 1.53 bits per heavy atom. The Balaban J connectivity index is 2.30. The van der Waals surface area contributed by atoms with Crippen LogP contribution in [0.2, 0.25) is 0 Å². The molecular formula is C13H13FN2O3. The van der Waals surface area contributed by atoms with Crippen LogP contribution in [0.25, 0.3) is 0 Å². The molecule has 2 rings (SSSR count). The summed E-state index contributed by atoms with van der Waals surface area (Å²) in [5.74, 6) is -1.19. The topological polar surface area (TPSA) is 88.5 Å². The van der Waals surface area contributed by atoms with Crippen LogP contribution in [0.3, 0.4) is 0 Å². The lowest BCUT2D eigenvalue weighted by Gasteiger charge is -2.15. The molecule has 1 heterocycles. The fraction of sp³-hybridized carbons (Fsp3) is 0.154. The molecule has 0 spiro atoms. The second-order valence-electron chi connectivity index (χ2n) is 4.11. The minimum Gasteiger partial charge on any atom is -0.478 e. The van der Waals surface area contributed by atoms with Gasteiger partial charge >= 0.3 is 5.97 Å². The van der Waals surface area contributed by atoms with Gasteiger partial charge in [-0.3, -0.25) is 0 Å². The van der Waals surface area contributed by atoms with Crippen LogP contribution in [0.1, 0.15) is 29.1 Å². The largest absolute Gasteiger partial charge is 0.478 e. The maximum atomic E-state index is 13.7. The van der Waals surface area contributed by atoms with Crippen LogP contribution in [-0.2, 0) is 0 Å². The molecule has 0 aliphatic heterocycles. The summed E-state index contributed by atoms with van der Waals surface area (Å²) >= 11 is 0. The van der Waals surface area contributed by atoms with Crippen molar-refractivity contribution in [3.05, 3.63) is 47.7 Å². The van der Waals surface area contributed by atoms with Crippen LogP contribution in [0.4, 0.5) is 15.8 Å². The molecular weight excluding hydrogens is 251 g/mol. The Kier molecular flexibility index (Phi) is 3.41. The van der Waals surface area contributed by atoms with Gasteiger partial charge in [0.05, 0.1) is 23.6 Å². The molecule has 0 fully saturated rings. The van der Waals surface area contributed by atoms with Crippen molar-refractivity contribution in [2.24, 2.45) is 0 Å². The molecule has 1 aromatic carbocycles. The predicted molar refractivity (Wildman–Crippen MR) is 68.5 cm³/mol. The maximum Gasteiger partial charge on any atom is 0.337 e. The van der Waals surface area contributed by atoms with Crippen LogP contribution < -0.4 is 11.1 Å². The monoisotopic (exact) mass is 264 g/mol. The van der Waals surface area contributed by atoms with Crippen molar-refractivity contribution >= 4 is 17.3 Å². The molecule has 6 heteroatoms. The fourth-order valence-electron chi connectivity index (χ4n) is 1.73. The number of benzene rings is 1. The molecule has 100 valence electrons. The predicted octanol–water partition coefficient (Wildman–Crippen LogP) is 2.87. The van der Waals surface area contributed by atoms with Crippen molar-refractivity contribution < 1.29 is 18.7 Å². The lowest BCUT2D eigenvalue weighted by atomic mass is 10.1. The Bertz CT molecular complexity index is 596. The number of anilines is 2. The molecule has 0 saturated carbocycles. The molecule has 1 atom stereocenters. The smallest absolute Gasteiger partial charge is 0.337 e. The minimum absolute atomic E-state index is 0.0653. The highest BCUT2D eigenvalue weighted by Crippen LogP contribution is 2.26. The molecule has 1 aromatic heterocycles. The Hall–Kier alpha value is -2.50.